The van der Waals surface area contributed by atoms with Gasteiger partial charge in [0.15, 0.2) is 0 Å². The molecule has 1 amide bonds. The molecular formula is C12H17IN2O. The van der Waals surface area contributed by atoms with Crippen molar-refractivity contribution in [3.63, 3.8) is 0 Å². The Morgan fingerprint density at radius 1 is 1.38 bits per heavy atom. The lowest BCUT2D eigenvalue weighted by Gasteiger charge is -2.20. The monoisotopic (exact) mass is 332 g/mol. The van der Waals surface area contributed by atoms with Gasteiger partial charge in [-0.1, -0.05) is 12.1 Å². The molecule has 3 nitrogen and oxygen atoms in total. The highest BCUT2D eigenvalue weighted by molar-refractivity contribution is 14.1. The van der Waals surface area contributed by atoms with E-state index < -0.39 is 5.41 Å². The van der Waals surface area contributed by atoms with Gasteiger partial charge in [0.25, 0.3) is 0 Å². The minimum Gasteiger partial charge on any atom is -0.369 e. The van der Waals surface area contributed by atoms with E-state index in [0.29, 0.717) is 6.54 Å². The van der Waals surface area contributed by atoms with Crippen LogP contribution < -0.4 is 11.1 Å². The number of rotatable bonds is 5. The van der Waals surface area contributed by atoms with Gasteiger partial charge < -0.3 is 11.1 Å². The van der Waals surface area contributed by atoms with E-state index in [4.69, 9.17) is 5.73 Å². The van der Waals surface area contributed by atoms with Crippen LogP contribution in [-0.2, 0) is 11.3 Å². The molecule has 0 bridgehead atoms. The van der Waals surface area contributed by atoms with E-state index in [9.17, 15) is 4.79 Å². The Morgan fingerprint density at radius 2 is 1.94 bits per heavy atom. The first kappa shape index (κ1) is 13.4. The molecule has 0 atom stereocenters. The lowest BCUT2D eigenvalue weighted by atomic mass is 9.93. The van der Waals surface area contributed by atoms with Gasteiger partial charge in [-0.25, -0.2) is 0 Å². The summed E-state index contributed by atoms with van der Waals surface area (Å²) in [5.41, 5.74) is 6.00. The minimum atomic E-state index is -0.497. The zero-order valence-electron chi connectivity index (χ0n) is 9.59. The number of benzene rings is 1. The van der Waals surface area contributed by atoms with E-state index in [1.807, 2.05) is 13.8 Å². The highest BCUT2D eigenvalue weighted by Crippen LogP contribution is 2.12. The van der Waals surface area contributed by atoms with Crippen LogP contribution in [0.25, 0.3) is 0 Å². The van der Waals surface area contributed by atoms with Crippen LogP contribution >= 0.6 is 22.6 Å². The van der Waals surface area contributed by atoms with Gasteiger partial charge in [-0.3, -0.25) is 4.79 Å². The second-order valence-electron chi connectivity index (χ2n) is 4.48. The zero-order valence-corrected chi connectivity index (χ0v) is 11.7. The van der Waals surface area contributed by atoms with Gasteiger partial charge in [-0.05, 0) is 54.1 Å². The average Bonchev–Trinajstić information content (AvgIpc) is 2.20. The molecule has 0 spiro atoms. The van der Waals surface area contributed by atoms with Gasteiger partial charge in [-0.15, -0.1) is 0 Å². The zero-order chi connectivity index (χ0) is 12.2. The van der Waals surface area contributed by atoms with E-state index in [0.717, 1.165) is 6.54 Å². The van der Waals surface area contributed by atoms with E-state index in [1.165, 1.54) is 9.13 Å². The first-order chi connectivity index (χ1) is 7.42. The first-order valence-electron chi connectivity index (χ1n) is 5.17. The smallest absolute Gasteiger partial charge is 0.224 e. The molecule has 0 heterocycles. The molecule has 1 aromatic rings. The van der Waals surface area contributed by atoms with Gasteiger partial charge in [0.05, 0.1) is 5.41 Å². The maximum absolute atomic E-state index is 11.1. The van der Waals surface area contributed by atoms with Gasteiger partial charge >= 0.3 is 0 Å². The number of amides is 1. The third-order valence-electron chi connectivity index (χ3n) is 2.48. The molecular weight excluding hydrogens is 315 g/mol. The molecule has 4 heteroatoms. The summed E-state index contributed by atoms with van der Waals surface area (Å²) in [6.07, 6.45) is 0. The van der Waals surface area contributed by atoms with Crippen LogP contribution in [-0.4, -0.2) is 12.5 Å². The number of nitrogens with two attached hydrogens (primary N) is 1. The van der Waals surface area contributed by atoms with Crippen molar-refractivity contribution in [2.75, 3.05) is 6.54 Å². The number of halogens is 1. The Balaban J connectivity index is 2.41. The van der Waals surface area contributed by atoms with E-state index >= 15 is 0 Å². The second kappa shape index (κ2) is 5.63. The molecule has 0 radical (unpaired) electrons. The summed E-state index contributed by atoms with van der Waals surface area (Å²) in [7, 11) is 0. The molecule has 0 aliphatic heterocycles. The Labute approximate surface area is 110 Å². The molecule has 0 saturated carbocycles. The molecule has 0 aliphatic carbocycles. The summed E-state index contributed by atoms with van der Waals surface area (Å²) >= 11 is 2.27. The molecule has 1 aromatic carbocycles. The lowest BCUT2D eigenvalue weighted by molar-refractivity contribution is -0.125. The molecule has 0 unspecified atom stereocenters. The fourth-order valence-corrected chi connectivity index (χ4v) is 1.57. The summed E-state index contributed by atoms with van der Waals surface area (Å²) in [5, 5.41) is 3.24. The highest BCUT2D eigenvalue weighted by atomic mass is 127. The Bertz CT molecular complexity index is 360. The van der Waals surface area contributed by atoms with Crippen molar-refractivity contribution in [3.05, 3.63) is 33.4 Å². The predicted octanol–water partition coefficient (Wildman–Crippen LogP) is 1.89. The van der Waals surface area contributed by atoms with E-state index in [2.05, 4.69) is 52.2 Å². The molecule has 1 rings (SSSR count). The van der Waals surface area contributed by atoms with Crippen molar-refractivity contribution in [1.82, 2.24) is 5.32 Å². The molecule has 0 aliphatic rings. The number of primary amides is 1. The van der Waals surface area contributed by atoms with Gasteiger partial charge in [-0.2, -0.15) is 0 Å². The maximum Gasteiger partial charge on any atom is 0.224 e. The van der Waals surface area contributed by atoms with Crippen molar-refractivity contribution in [2.45, 2.75) is 20.4 Å². The molecule has 0 fully saturated rings. The van der Waals surface area contributed by atoms with Gasteiger partial charge in [0, 0.05) is 16.7 Å². The summed E-state index contributed by atoms with van der Waals surface area (Å²) in [4.78, 5) is 11.1. The number of carbonyl (C=O) groups is 1. The van der Waals surface area contributed by atoms with Crippen LogP contribution in [0.1, 0.15) is 19.4 Å². The molecule has 88 valence electrons. The van der Waals surface area contributed by atoms with Crippen LogP contribution in [0.15, 0.2) is 24.3 Å². The van der Waals surface area contributed by atoms with Crippen LogP contribution in [0.3, 0.4) is 0 Å². The van der Waals surface area contributed by atoms with Gasteiger partial charge in [0.1, 0.15) is 0 Å². The quantitative estimate of drug-likeness (QED) is 0.809. The van der Waals surface area contributed by atoms with Crippen LogP contribution in [0.2, 0.25) is 0 Å². The number of carbonyl (C=O) groups excluding carboxylic acids is 1. The number of hydrogen-bond acceptors (Lipinski definition) is 2. The van der Waals surface area contributed by atoms with Crippen molar-refractivity contribution >= 4 is 28.5 Å². The summed E-state index contributed by atoms with van der Waals surface area (Å²) in [6, 6.07) is 8.28. The van der Waals surface area contributed by atoms with E-state index in [1.54, 1.807) is 0 Å². The van der Waals surface area contributed by atoms with Gasteiger partial charge in [0.2, 0.25) is 5.91 Å². The highest BCUT2D eigenvalue weighted by Gasteiger charge is 2.23. The largest absolute Gasteiger partial charge is 0.369 e. The third kappa shape index (κ3) is 4.09. The van der Waals surface area contributed by atoms with Crippen molar-refractivity contribution < 1.29 is 4.79 Å². The third-order valence-corrected chi connectivity index (χ3v) is 3.20. The number of hydrogen-bond donors (Lipinski definition) is 2. The lowest BCUT2D eigenvalue weighted by Crippen LogP contribution is -2.40. The second-order valence-corrected chi connectivity index (χ2v) is 5.72. The molecule has 16 heavy (non-hydrogen) atoms. The standard InChI is InChI=1S/C12H17IN2O/c1-12(2,11(14)16)8-15-7-9-3-5-10(13)6-4-9/h3-6,15H,7-8H2,1-2H3,(H2,14,16). The fraction of sp³-hybridized carbons (Fsp3) is 0.417. The summed E-state index contributed by atoms with van der Waals surface area (Å²) in [5.74, 6) is -0.275. The summed E-state index contributed by atoms with van der Waals surface area (Å²) in [6.45, 7) is 5.04. The first-order valence-corrected chi connectivity index (χ1v) is 6.25. The summed E-state index contributed by atoms with van der Waals surface area (Å²) < 4.78 is 1.22. The topological polar surface area (TPSA) is 55.1 Å². The van der Waals surface area contributed by atoms with Crippen LogP contribution in [0.4, 0.5) is 0 Å². The average molecular weight is 332 g/mol. The van der Waals surface area contributed by atoms with Crippen molar-refractivity contribution in [2.24, 2.45) is 11.1 Å². The van der Waals surface area contributed by atoms with Crippen molar-refractivity contribution in [1.29, 1.82) is 0 Å². The Hall–Kier alpha value is -0.620. The Kier molecular flexibility index (Phi) is 4.73. The predicted molar refractivity (Wildman–Crippen MR) is 73.8 cm³/mol. The van der Waals surface area contributed by atoms with Crippen LogP contribution in [0.5, 0.6) is 0 Å². The Morgan fingerprint density at radius 3 is 2.44 bits per heavy atom. The van der Waals surface area contributed by atoms with Crippen LogP contribution in [0, 0.1) is 8.99 Å². The minimum absolute atomic E-state index is 0.275. The SMILES string of the molecule is CC(C)(CNCc1ccc(I)cc1)C(N)=O. The van der Waals surface area contributed by atoms with E-state index in [-0.39, 0.29) is 5.91 Å². The fourth-order valence-electron chi connectivity index (χ4n) is 1.21. The molecule has 0 saturated heterocycles. The maximum atomic E-state index is 11.1. The number of nitrogens with one attached hydrogen (secondary N) is 1. The normalized spacial score (nSPS) is 11.4. The van der Waals surface area contributed by atoms with Crippen molar-refractivity contribution in [3.8, 4) is 0 Å². The molecule has 0 aromatic heterocycles. The molecule has 3 N–H and O–H groups in total.